The Morgan fingerprint density at radius 3 is 2.61 bits per heavy atom. The number of carboxylic acid groups (broad SMARTS) is 1. The molecule has 0 bridgehead atoms. The molecular formula is C12H19N3O3. The van der Waals surface area contributed by atoms with Crippen molar-refractivity contribution in [2.24, 2.45) is 13.0 Å². The smallest absolute Gasteiger partial charge is 0.306 e. The van der Waals surface area contributed by atoms with Crippen molar-refractivity contribution < 1.29 is 14.7 Å². The number of aromatic nitrogens is 2. The van der Waals surface area contributed by atoms with E-state index in [0.717, 1.165) is 0 Å². The van der Waals surface area contributed by atoms with E-state index in [0.29, 0.717) is 12.0 Å². The molecule has 1 aromatic heterocycles. The molecule has 0 fully saturated rings. The standard InChI is InChI=1S/C12H19N3O3/c1-8(11(17)18)5-12(2,3)14-10(16)9-6-13-15(4)7-9/h6-8H,5H2,1-4H3,(H,14,16)(H,17,18). The Kier molecular flexibility index (Phi) is 4.11. The van der Waals surface area contributed by atoms with Crippen LogP contribution in [0.15, 0.2) is 12.4 Å². The van der Waals surface area contributed by atoms with Gasteiger partial charge in [0.25, 0.3) is 5.91 Å². The van der Waals surface area contributed by atoms with E-state index in [1.165, 1.54) is 6.20 Å². The van der Waals surface area contributed by atoms with E-state index in [1.54, 1.807) is 38.7 Å². The van der Waals surface area contributed by atoms with E-state index in [9.17, 15) is 9.59 Å². The van der Waals surface area contributed by atoms with Crippen molar-refractivity contribution in [1.82, 2.24) is 15.1 Å². The second kappa shape index (κ2) is 5.20. The zero-order chi connectivity index (χ0) is 13.9. The fourth-order valence-electron chi connectivity index (χ4n) is 1.82. The number of amides is 1. The number of nitrogens with one attached hydrogen (secondary N) is 1. The molecule has 0 aliphatic carbocycles. The maximum Gasteiger partial charge on any atom is 0.306 e. The van der Waals surface area contributed by atoms with Gasteiger partial charge in [0, 0.05) is 18.8 Å². The Morgan fingerprint density at radius 2 is 2.17 bits per heavy atom. The summed E-state index contributed by atoms with van der Waals surface area (Å²) in [6.45, 7) is 5.24. The van der Waals surface area contributed by atoms with Crippen molar-refractivity contribution in [3.8, 4) is 0 Å². The van der Waals surface area contributed by atoms with Crippen molar-refractivity contribution >= 4 is 11.9 Å². The molecule has 1 heterocycles. The third-order valence-corrected chi connectivity index (χ3v) is 2.66. The first-order valence-corrected chi connectivity index (χ1v) is 5.75. The Morgan fingerprint density at radius 1 is 1.56 bits per heavy atom. The molecule has 1 amide bonds. The molecule has 1 unspecified atom stereocenters. The lowest BCUT2D eigenvalue weighted by atomic mass is 9.91. The summed E-state index contributed by atoms with van der Waals surface area (Å²) in [5.41, 5.74) is -0.112. The van der Waals surface area contributed by atoms with Gasteiger partial charge in [-0.15, -0.1) is 0 Å². The Bertz CT molecular complexity index is 451. The number of hydrogen-bond acceptors (Lipinski definition) is 3. The summed E-state index contributed by atoms with van der Waals surface area (Å²) in [6.07, 6.45) is 3.46. The minimum absolute atomic E-state index is 0.245. The predicted molar refractivity (Wildman–Crippen MR) is 66.2 cm³/mol. The van der Waals surface area contributed by atoms with Crippen LogP contribution in [0.3, 0.4) is 0 Å². The summed E-state index contributed by atoms with van der Waals surface area (Å²) in [4.78, 5) is 22.7. The highest BCUT2D eigenvalue weighted by Crippen LogP contribution is 2.17. The minimum atomic E-state index is -0.862. The van der Waals surface area contributed by atoms with Gasteiger partial charge in [-0.25, -0.2) is 0 Å². The average Bonchev–Trinajstić information content (AvgIpc) is 2.63. The summed E-state index contributed by atoms with van der Waals surface area (Å²) in [7, 11) is 1.73. The number of rotatable bonds is 5. The van der Waals surface area contributed by atoms with Crippen LogP contribution in [0.5, 0.6) is 0 Å². The molecule has 0 aliphatic rings. The zero-order valence-corrected chi connectivity index (χ0v) is 11.1. The Balaban J connectivity index is 2.65. The van der Waals surface area contributed by atoms with Crippen molar-refractivity contribution in [3.05, 3.63) is 18.0 Å². The molecule has 0 radical (unpaired) electrons. The van der Waals surface area contributed by atoms with Gasteiger partial charge in [0.2, 0.25) is 0 Å². The topological polar surface area (TPSA) is 84.2 Å². The van der Waals surface area contributed by atoms with Gasteiger partial charge < -0.3 is 10.4 Å². The maximum absolute atomic E-state index is 11.9. The normalized spacial score (nSPS) is 13.1. The monoisotopic (exact) mass is 253 g/mol. The summed E-state index contributed by atoms with van der Waals surface area (Å²) < 4.78 is 1.54. The molecule has 6 heteroatoms. The summed E-state index contributed by atoms with van der Waals surface area (Å²) in [5, 5.41) is 15.6. The molecule has 0 saturated carbocycles. The highest BCUT2D eigenvalue weighted by atomic mass is 16.4. The van der Waals surface area contributed by atoms with Crippen molar-refractivity contribution in [1.29, 1.82) is 0 Å². The molecule has 100 valence electrons. The third kappa shape index (κ3) is 3.87. The number of carbonyl (C=O) groups is 2. The van der Waals surface area contributed by atoms with Crippen LogP contribution in [0.1, 0.15) is 37.6 Å². The number of aryl methyl sites for hydroxylation is 1. The number of carboxylic acids is 1. The maximum atomic E-state index is 11.9. The van der Waals surface area contributed by atoms with E-state index >= 15 is 0 Å². The predicted octanol–water partition coefficient (Wildman–Crippen LogP) is 1.04. The molecule has 1 rings (SSSR count). The van der Waals surface area contributed by atoms with Gasteiger partial charge in [-0.3, -0.25) is 14.3 Å². The molecule has 1 aromatic rings. The number of hydrogen-bond donors (Lipinski definition) is 2. The van der Waals surface area contributed by atoms with E-state index in [4.69, 9.17) is 5.11 Å². The number of aliphatic carboxylic acids is 1. The van der Waals surface area contributed by atoms with E-state index < -0.39 is 17.4 Å². The van der Waals surface area contributed by atoms with E-state index in [2.05, 4.69) is 10.4 Å². The van der Waals surface area contributed by atoms with Gasteiger partial charge in [0.05, 0.1) is 17.7 Å². The molecule has 0 saturated heterocycles. The molecular weight excluding hydrogens is 234 g/mol. The highest BCUT2D eigenvalue weighted by Gasteiger charge is 2.27. The van der Waals surface area contributed by atoms with Crippen molar-refractivity contribution in [2.75, 3.05) is 0 Å². The van der Waals surface area contributed by atoms with Crippen LogP contribution in [-0.2, 0) is 11.8 Å². The minimum Gasteiger partial charge on any atom is -0.481 e. The molecule has 0 aromatic carbocycles. The number of carbonyl (C=O) groups excluding carboxylic acids is 1. The van der Waals surface area contributed by atoms with E-state index in [1.807, 2.05) is 0 Å². The zero-order valence-electron chi connectivity index (χ0n) is 11.1. The van der Waals surface area contributed by atoms with Crippen molar-refractivity contribution in [2.45, 2.75) is 32.7 Å². The lowest BCUT2D eigenvalue weighted by Crippen LogP contribution is -2.45. The SMILES string of the molecule is CC(CC(C)(C)NC(=O)c1cnn(C)c1)C(=O)O. The van der Waals surface area contributed by atoms with Crippen molar-refractivity contribution in [3.63, 3.8) is 0 Å². The van der Waals surface area contributed by atoms with Gasteiger partial charge in [-0.2, -0.15) is 5.10 Å². The third-order valence-electron chi connectivity index (χ3n) is 2.66. The van der Waals surface area contributed by atoms with Crippen LogP contribution in [0.4, 0.5) is 0 Å². The van der Waals surface area contributed by atoms with Crippen LogP contribution in [0.25, 0.3) is 0 Å². The fraction of sp³-hybridized carbons (Fsp3) is 0.583. The van der Waals surface area contributed by atoms with Crippen LogP contribution in [0.2, 0.25) is 0 Å². The largest absolute Gasteiger partial charge is 0.481 e. The van der Waals surface area contributed by atoms with Crippen LogP contribution in [-0.4, -0.2) is 32.3 Å². The molecule has 0 spiro atoms. The quantitative estimate of drug-likeness (QED) is 0.821. The van der Waals surface area contributed by atoms with E-state index in [-0.39, 0.29) is 5.91 Å². The first-order chi connectivity index (χ1) is 8.21. The second-order valence-corrected chi connectivity index (χ2v) is 5.18. The van der Waals surface area contributed by atoms with Gasteiger partial charge in [-0.05, 0) is 20.3 Å². The molecule has 2 N–H and O–H groups in total. The molecule has 6 nitrogen and oxygen atoms in total. The first kappa shape index (κ1) is 14.2. The number of nitrogens with zero attached hydrogens (tertiary/aromatic N) is 2. The molecule has 0 aliphatic heterocycles. The Labute approximate surface area is 106 Å². The average molecular weight is 253 g/mol. The lowest BCUT2D eigenvalue weighted by molar-refractivity contribution is -0.141. The Hall–Kier alpha value is -1.85. The van der Waals surface area contributed by atoms with Gasteiger partial charge >= 0.3 is 5.97 Å². The second-order valence-electron chi connectivity index (χ2n) is 5.18. The summed E-state index contributed by atoms with van der Waals surface area (Å²) in [6, 6.07) is 0. The first-order valence-electron chi connectivity index (χ1n) is 5.75. The summed E-state index contributed by atoms with van der Waals surface area (Å²) >= 11 is 0. The lowest BCUT2D eigenvalue weighted by Gasteiger charge is -2.27. The van der Waals surface area contributed by atoms with Crippen LogP contribution >= 0.6 is 0 Å². The highest BCUT2D eigenvalue weighted by molar-refractivity contribution is 5.94. The van der Waals surface area contributed by atoms with Gasteiger partial charge in [-0.1, -0.05) is 6.92 Å². The molecule has 1 atom stereocenters. The van der Waals surface area contributed by atoms with Crippen LogP contribution < -0.4 is 5.32 Å². The fourth-order valence-corrected chi connectivity index (χ4v) is 1.82. The summed E-state index contributed by atoms with van der Waals surface area (Å²) in [5.74, 6) is -1.61. The molecule has 18 heavy (non-hydrogen) atoms. The van der Waals surface area contributed by atoms with Crippen LogP contribution in [0, 0.1) is 5.92 Å². The van der Waals surface area contributed by atoms with Gasteiger partial charge in [0.15, 0.2) is 0 Å². The van der Waals surface area contributed by atoms with Gasteiger partial charge in [0.1, 0.15) is 0 Å².